The molecule has 0 aromatic rings. The van der Waals surface area contributed by atoms with Gasteiger partial charge in [0.1, 0.15) is 0 Å². The maximum Gasteiger partial charge on any atom is 0.0564 e. The van der Waals surface area contributed by atoms with Gasteiger partial charge in [0.2, 0.25) is 0 Å². The molecule has 0 bridgehead atoms. The number of ether oxygens (including phenoxy) is 1. The van der Waals surface area contributed by atoms with Crippen LogP contribution in [0.2, 0.25) is 0 Å². The van der Waals surface area contributed by atoms with Crippen molar-refractivity contribution >= 4 is 0 Å². The number of nitrogens with two attached hydrogens (primary N) is 1. The van der Waals surface area contributed by atoms with Gasteiger partial charge < -0.3 is 20.5 Å². The van der Waals surface area contributed by atoms with Crippen molar-refractivity contribution in [3.63, 3.8) is 0 Å². The Bertz CT molecular complexity index is 209. The highest BCUT2D eigenvalue weighted by atomic mass is 16.5. The molecule has 2 aliphatic rings. The van der Waals surface area contributed by atoms with Gasteiger partial charge in [-0.05, 0) is 25.7 Å². The van der Waals surface area contributed by atoms with Crippen molar-refractivity contribution in [2.24, 2.45) is 11.1 Å². The van der Waals surface area contributed by atoms with Gasteiger partial charge in [0.05, 0.1) is 12.7 Å². The summed E-state index contributed by atoms with van der Waals surface area (Å²) in [6, 6.07) is 0. The summed E-state index contributed by atoms with van der Waals surface area (Å²) in [4.78, 5) is 2.44. The molecule has 94 valence electrons. The second kappa shape index (κ2) is 5.45. The van der Waals surface area contributed by atoms with Crippen LogP contribution in [-0.2, 0) is 4.74 Å². The summed E-state index contributed by atoms with van der Waals surface area (Å²) in [7, 11) is 0. The van der Waals surface area contributed by atoms with Crippen LogP contribution in [0.1, 0.15) is 25.7 Å². The Morgan fingerprint density at radius 1 is 1.38 bits per heavy atom. The summed E-state index contributed by atoms with van der Waals surface area (Å²) in [6.07, 6.45) is 4.03. The molecule has 2 saturated heterocycles. The molecule has 0 saturated carbocycles. The molecule has 2 rings (SSSR count). The molecule has 4 heteroatoms. The highest BCUT2D eigenvalue weighted by molar-refractivity contribution is 4.87. The maximum atomic E-state index is 9.48. The Labute approximate surface area is 97.7 Å². The molecule has 2 heterocycles. The monoisotopic (exact) mass is 228 g/mol. The van der Waals surface area contributed by atoms with E-state index in [0.29, 0.717) is 6.54 Å². The van der Waals surface area contributed by atoms with Gasteiger partial charge in [0.25, 0.3) is 0 Å². The first-order chi connectivity index (χ1) is 7.74. The number of hydrogen-bond donors (Lipinski definition) is 2. The van der Waals surface area contributed by atoms with E-state index in [0.717, 1.165) is 52.1 Å². The van der Waals surface area contributed by atoms with Gasteiger partial charge in [0.15, 0.2) is 0 Å². The molecule has 16 heavy (non-hydrogen) atoms. The quantitative estimate of drug-likeness (QED) is 0.724. The third kappa shape index (κ3) is 2.94. The van der Waals surface area contributed by atoms with Gasteiger partial charge in [-0.3, -0.25) is 0 Å². The van der Waals surface area contributed by atoms with E-state index in [2.05, 4.69) is 4.90 Å². The molecule has 4 nitrogen and oxygen atoms in total. The first-order valence-corrected chi connectivity index (χ1v) is 6.42. The summed E-state index contributed by atoms with van der Waals surface area (Å²) in [5.41, 5.74) is 6.09. The summed E-state index contributed by atoms with van der Waals surface area (Å²) in [5, 5.41) is 9.48. The largest absolute Gasteiger partial charge is 0.393 e. The zero-order valence-corrected chi connectivity index (χ0v) is 10.0. The van der Waals surface area contributed by atoms with E-state index in [9.17, 15) is 5.11 Å². The summed E-state index contributed by atoms with van der Waals surface area (Å²) >= 11 is 0. The first kappa shape index (κ1) is 12.3. The molecule has 0 aromatic heterocycles. The van der Waals surface area contributed by atoms with Gasteiger partial charge in [0, 0.05) is 38.2 Å². The highest BCUT2D eigenvalue weighted by Gasteiger charge is 2.34. The average molecular weight is 228 g/mol. The Balaban J connectivity index is 1.86. The highest BCUT2D eigenvalue weighted by Crippen LogP contribution is 2.29. The standard InChI is InChI=1S/C12H24N2O2/c13-8-12(4-1-7-16-10-12)9-14-5-2-11(15)3-6-14/h11,15H,1-10,13H2. The van der Waals surface area contributed by atoms with E-state index in [1.54, 1.807) is 0 Å². The molecule has 3 N–H and O–H groups in total. The van der Waals surface area contributed by atoms with Crippen LogP contribution in [0.25, 0.3) is 0 Å². The van der Waals surface area contributed by atoms with E-state index in [4.69, 9.17) is 10.5 Å². The van der Waals surface area contributed by atoms with Crippen molar-refractivity contribution in [3.05, 3.63) is 0 Å². The van der Waals surface area contributed by atoms with Crippen LogP contribution in [0.3, 0.4) is 0 Å². The maximum absolute atomic E-state index is 9.48. The van der Waals surface area contributed by atoms with Crippen molar-refractivity contribution in [1.29, 1.82) is 0 Å². The Kier molecular flexibility index (Phi) is 4.19. The lowest BCUT2D eigenvalue weighted by Gasteiger charge is -2.41. The fourth-order valence-corrected chi connectivity index (χ4v) is 2.81. The number of aliphatic hydroxyl groups excluding tert-OH is 1. The van der Waals surface area contributed by atoms with Crippen LogP contribution < -0.4 is 5.73 Å². The zero-order chi connectivity index (χ0) is 11.4. The van der Waals surface area contributed by atoms with Gasteiger partial charge in [-0.1, -0.05) is 0 Å². The van der Waals surface area contributed by atoms with Crippen LogP contribution in [0.4, 0.5) is 0 Å². The van der Waals surface area contributed by atoms with E-state index in [1.165, 1.54) is 6.42 Å². The van der Waals surface area contributed by atoms with Crippen molar-refractivity contribution in [2.45, 2.75) is 31.8 Å². The van der Waals surface area contributed by atoms with Crippen molar-refractivity contribution in [2.75, 3.05) is 39.4 Å². The van der Waals surface area contributed by atoms with Crippen LogP contribution in [0.5, 0.6) is 0 Å². The fourth-order valence-electron chi connectivity index (χ4n) is 2.81. The van der Waals surface area contributed by atoms with Crippen LogP contribution in [0.15, 0.2) is 0 Å². The number of nitrogens with zero attached hydrogens (tertiary/aromatic N) is 1. The number of aliphatic hydroxyl groups is 1. The topological polar surface area (TPSA) is 58.7 Å². The molecule has 0 radical (unpaired) electrons. The molecule has 0 aromatic carbocycles. The van der Waals surface area contributed by atoms with Gasteiger partial charge in [-0.25, -0.2) is 0 Å². The van der Waals surface area contributed by atoms with E-state index in [1.807, 2.05) is 0 Å². The van der Waals surface area contributed by atoms with E-state index in [-0.39, 0.29) is 11.5 Å². The zero-order valence-electron chi connectivity index (χ0n) is 10.0. The summed E-state index contributed by atoms with van der Waals surface area (Å²) < 4.78 is 5.58. The van der Waals surface area contributed by atoms with Gasteiger partial charge >= 0.3 is 0 Å². The Morgan fingerprint density at radius 3 is 2.69 bits per heavy atom. The molecule has 0 amide bonds. The SMILES string of the molecule is NCC1(CN2CCC(O)CC2)CCCOC1. The molecule has 2 aliphatic heterocycles. The predicted molar refractivity (Wildman–Crippen MR) is 63.2 cm³/mol. The van der Waals surface area contributed by atoms with E-state index < -0.39 is 0 Å². The summed E-state index contributed by atoms with van der Waals surface area (Å²) in [5.74, 6) is 0. The predicted octanol–water partition coefficient (Wildman–Crippen LogP) is 0.199. The molecule has 0 aliphatic carbocycles. The molecule has 1 unspecified atom stereocenters. The lowest BCUT2D eigenvalue weighted by Crippen LogP contribution is -2.50. The average Bonchev–Trinajstić information content (AvgIpc) is 2.33. The van der Waals surface area contributed by atoms with E-state index >= 15 is 0 Å². The van der Waals surface area contributed by atoms with Crippen LogP contribution in [-0.4, -0.2) is 55.5 Å². The minimum absolute atomic E-state index is 0.0901. The smallest absolute Gasteiger partial charge is 0.0564 e. The lowest BCUT2D eigenvalue weighted by molar-refractivity contribution is -0.0310. The molecule has 0 spiro atoms. The lowest BCUT2D eigenvalue weighted by atomic mass is 9.81. The summed E-state index contributed by atoms with van der Waals surface area (Å²) in [6.45, 7) is 5.46. The minimum Gasteiger partial charge on any atom is -0.393 e. The molecule has 1 atom stereocenters. The first-order valence-electron chi connectivity index (χ1n) is 6.42. The Hall–Kier alpha value is -0.160. The second-order valence-electron chi connectivity index (χ2n) is 5.37. The molecular weight excluding hydrogens is 204 g/mol. The Morgan fingerprint density at radius 2 is 2.12 bits per heavy atom. The van der Waals surface area contributed by atoms with Crippen molar-refractivity contribution in [3.8, 4) is 0 Å². The van der Waals surface area contributed by atoms with Crippen LogP contribution in [0, 0.1) is 5.41 Å². The third-order valence-corrected chi connectivity index (χ3v) is 3.95. The van der Waals surface area contributed by atoms with Gasteiger partial charge in [-0.2, -0.15) is 0 Å². The third-order valence-electron chi connectivity index (χ3n) is 3.95. The number of likely N-dealkylation sites (tertiary alicyclic amines) is 1. The molecular formula is C12H24N2O2. The number of piperidine rings is 1. The van der Waals surface area contributed by atoms with Crippen molar-refractivity contribution < 1.29 is 9.84 Å². The number of hydrogen-bond acceptors (Lipinski definition) is 4. The normalized spacial score (nSPS) is 34.1. The van der Waals surface area contributed by atoms with Crippen molar-refractivity contribution in [1.82, 2.24) is 4.90 Å². The van der Waals surface area contributed by atoms with Crippen LogP contribution >= 0.6 is 0 Å². The number of rotatable bonds is 3. The van der Waals surface area contributed by atoms with Gasteiger partial charge in [-0.15, -0.1) is 0 Å². The fraction of sp³-hybridized carbons (Fsp3) is 1.00. The molecule has 2 fully saturated rings. The second-order valence-corrected chi connectivity index (χ2v) is 5.37. The minimum atomic E-state index is -0.0901.